The van der Waals surface area contributed by atoms with Crippen molar-refractivity contribution in [1.29, 1.82) is 0 Å². The highest BCUT2D eigenvalue weighted by Crippen LogP contribution is 2.15. The zero-order valence-electron chi connectivity index (χ0n) is 15.4. The lowest BCUT2D eigenvalue weighted by Crippen LogP contribution is -2.22. The van der Waals surface area contributed by atoms with Gasteiger partial charge in [0.2, 0.25) is 15.9 Å². The minimum absolute atomic E-state index is 0.0286. The van der Waals surface area contributed by atoms with Gasteiger partial charge >= 0.3 is 0 Å². The highest BCUT2D eigenvalue weighted by molar-refractivity contribution is 7.89. The molecule has 0 unspecified atom stereocenters. The first-order chi connectivity index (χ1) is 12.5. The van der Waals surface area contributed by atoms with E-state index >= 15 is 0 Å². The molecular weight excluding hydrogens is 370 g/mol. The van der Waals surface area contributed by atoms with Gasteiger partial charge in [-0.2, -0.15) is 0 Å². The minimum Gasteiger partial charge on any atom is -0.475 e. The first-order valence-corrected chi connectivity index (χ1v) is 9.76. The van der Waals surface area contributed by atoms with Crippen LogP contribution in [0.2, 0.25) is 0 Å². The second-order valence-corrected chi connectivity index (χ2v) is 8.28. The summed E-state index contributed by atoms with van der Waals surface area (Å²) in [6.07, 6.45) is 1.40. The number of nitrogens with two attached hydrogens (primary N) is 1. The number of nitrogens with zero attached hydrogens (tertiary/aromatic N) is 1. The molecule has 0 bridgehead atoms. The van der Waals surface area contributed by atoms with Crippen LogP contribution in [0.15, 0.2) is 47.5 Å². The Morgan fingerprint density at radius 3 is 2.30 bits per heavy atom. The third-order valence-electron chi connectivity index (χ3n) is 3.31. The Bertz CT molecular complexity index is 873. The molecule has 27 heavy (non-hydrogen) atoms. The average Bonchev–Trinajstić information content (AvgIpc) is 2.58. The fourth-order valence-electron chi connectivity index (χ4n) is 2.03. The van der Waals surface area contributed by atoms with E-state index in [0.717, 1.165) is 0 Å². The number of pyridine rings is 1. The second kappa shape index (κ2) is 8.47. The lowest BCUT2D eigenvalue weighted by Gasteiger charge is -2.19. The van der Waals surface area contributed by atoms with Gasteiger partial charge < -0.3 is 14.8 Å². The van der Waals surface area contributed by atoms with E-state index in [9.17, 15) is 13.2 Å². The molecule has 8 nitrogen and oxygen atoms in total. The molecule has 0 radical (unpaired) electrons. The number of amides is 1. The maximum Gasteiger partial charge on any atom is 0.257 e. The van der Waals surface area contributed by atoms with Crippen LogP contribution in [-0.4, -0.2) is 38.1 Å². The number of carbonyl (C=O) groups is 1. The summed E-state index contributed by atoms with van der Waals surface area (Å²) in [7, 11) is -3.77. The van der Waals surface area contributed by atoms with Crippen molar-refractivity contribution in [2.45, 2.75) is 31.3 Å². The van der Waals surface area contributed by atoms with Gasteiger partial charge in [0, 0.05) is 18.0 Å². The first-order valence-electron chi connectivity index (χ1n) is 8.22. The van der Waals surface area contributed by atoms with Crippen LogP contribution in [0, 0.1) is 0 Å². The Kier molecular flexibility index (Phi) is 6.53. The van der Waals surface area contributed by atoms with Crippen LogP contribution in [0.4, 0.5) is 5.69 Å². The number of benzene rings is 1. The highest BCUT2D eigenvalue weighted by atomic mass is 32.2. The van der Waals surface area contributed by atoms with E-state index in [0.29, 0.717) is 30.3 Å². The number of aromatic nitrogens is 1. The first kappa shape index (κ1) is 20.8. The fourth-order valence-corrected chi connectivity index (χ4v) is 2.54. The Morgan fingerprint density at radius 1 is 1.11 bits per heavy atom. The Labute approximate surface area is 158 Å². The van der Waals surface area contributed by atoms with Crippen molar-refractivity contribution in [2.24, 2.45) is 5.14 Å². The van der Waals surface area contributed by atoms with Crippen LogP contribution in [-0.2, 0) is 14.8 Å². The average molecular weight is 393 g/mol. The van der Waals surface area contributed by atoms with Gasteiger partial charge in [0.05, 0.1) is 22.7 Å². The van der Waals surface area contributed by atoms with E-state index < -0.39 is 10.0 Å². The van der Waals surface area contributed by atoms with E-state index in [1.165, 1.54) is 30.5 Å². The second-order valence-electron chi connectivity index (χ2n) is 6.72. The molecule has 9 heteroatoms. The molecule has 1 aromatic carbocycles. The number of carbonyl (C=O) groups excluding carboxylic acids is 1. The number of sulfonamides is 1. The summed E-state index contributed by atoms with van der Waals surface area (Å²) in [6, 6.07) is 8.73. The van der Waals surface area contributed by atoms with Crippen LogP contribution in [0.3, 0.4) is 0 Å². The van der Waals surface area contributed by atoms with Gasteiger partial charge in [-0.25, -0.2) is 18.5 Å². The number of rotatable bonds is 7. The lowest BCUT2D eigenvalue weighted by atomic mass is 10.2. The number of primary sulfonamides is 1. The van der Waals surface area contributed by atoms with E-state index in [1.54, 1.807) is 12.1 Å². The van der Waals surface area contributed by atoms with Gasteiger partial charge in [-0.15, -0.1) is 0 Å². The molecule has 146 valence electrons. The molecule has 2 aromatic rings. The molecule has 1 amide bonds. The summed E-state index contributed by atoms with van der Waals surface area (Å²) in [5.74, 6) is 0.00929. The molecule has 1 aromatic heterocycles. The quantitative estimate of drug-likeness (QED) is 0.696. The largest absolute Gasteiger partial charge is 0.475 e. The van der Waals surface area contributed by atoms with Gasteiger partial charge in [0.1, 0.15) is 6.61 Å². The summed E-state index contributed by atoms with van der Waals surface area (Å²) in [5, 5.41) is 7.68. The number of anilines is 1. The van der Waals surface area contributed by atoms with Gasteiger partial charge in [0.25, 0.3) is 5.91 Å². The van der Waals surface area contributed by atoms with Crippen molar-refractivity contribution >= 4 is 21.6 Å². The van der Waals surface area contributed by atoms with Gasteiger partial charge in [0.15, 0.2) is 0 Å². The summed E-state index contributed by atoms with van der Waals surface area (Å²) < 4.78 is 33.5. The zero-order valence-corrected chi connectivity index (χ0v) is 16.2. The molecule has 0 aliphatic heterocycles. The Balaban J connectivity index is 1.90. The predicted octanol–water partition coefficient (Wildman–Crippen LogP) is 2.18. The van der Waals surface area contributed by atoms with Gasteiger partial charge in [-0.1, -0.05) is 0 Å². The van der Waals surface area contributed by atoms with Crippen molar-refractivity contribution < 1.29 is 22.7 Å². The topological polar surface area (TPSA) is 121 Å². The van der Waals surface area contributed by atoms with Crippen molar-refractivity contribution in [3.8, 4) is 5.88 Å². The number of nitrogens with one attached hydrogen (secondary N) is 1. The molecule has 0 saturated carbocycles. The SMILES string of the molecule is CC(C)(C)OCCOc1ccc(C(=O)Nc2ccc(S(N)(=O)=O)cc2)cn1. The van der Waals surface area contributed by atoms with Gasteiger partial charge in [-0.3, -0.25) is 4.79 Å². The van der Waals surface area contributed by atoms with Crippen molar-refractivity contribution in [3.63, 3.8) is 0 Å². The minimum atomic E-state index is -3.77. The Hall–Kier alpha value is -2.49. The van der Waals surface area contributed by atoms with Gasteiger partial charge in [-0.05, 0) is 51.1 Å². The van der Waals surface area contributed by atoms with Crippen molar-refractivity contribution in [1.82, 2.24) is 4.98 Å². The normalized spacial score (nSPS) is 11.9. The van der Waals surface area contributed by atoms with Crippen LogP contribution < -0.4 is 15.2 Å². The van der Waals surface area contributed by atoms with E-state index in [2.05, 4.69) is 10.3 Å². The smallest absolute Gasteiger partial charge is 0.257 e. The van der Waals surface area contributed by atoms with Crippen LogP contribution in [0.5, 0.6) is 5.88 Å². The predicted molar refractivity (Wildman–Crippen MR) is 101 cm³/mol. The summed E-state index contributed by atoms with van der Waals surface area (Å²) in [5.41, 5.74) is 0.543. The molecule has 0 atom stereocenters. The maximum atomic E-state index is 12.2. The van der Waals surface area contributed by atoms with Crippen molar-refractivity contribution in [3.05, 3.63) is 48.2 Å². The molecule has 0 fully saturated rings. The highest BCUT2D eigenvalue weighted by Gasteiger charge is 2.11. The lowest BCUT2D eigenvalue weighted by molar-refractivity contribution is -0.0168. The number of hydrogen-bond acceptors (Lipinski definition) is 6. The van der Waals surface area contributed by atoms with Crippen LogP contribution >= 0.6 is 0 Å². The molecule has 0 saturated heterocycles. The Morgan fingerprint density at radius 2 is 1.78 bits per heavy atom. The third kappa shape index (κ3) is 6.97. The van der Waals surface area contributed by atoms with E-state index in [-0.39, 0.29) is 16.4 Å². The summed E-state index contributed by atoms with van der Waals surface area (Å²) in [4.78, 5) is 16.3. The van der Waals surface area contributed by atoms with Crippen molar-refractivity contribution in [2.75, 3.05) is 18.5 Å². The van der Waals surface area contributed by atoms with E-state index in [4.69, 9.17) is 14.6 Å². The summed E-state index contributed by atoms with van der Waals surface area (Å²) in [6.45, 7) is 6.66. The molecule has 0 spiro atoms. The number of hydrogen-bond donors (Lipinski definition) is 2. The fraction of sp³-hybridized carbons (Fsp3) is 0.333. The zero-order chi connectivity index (χ0) is 20.1. The molecule has 0 aliphatic carbocycles. The monoisotopic (exact) mass is 393 g/mol. The molecule has 0 aliphatic rings. The molecule has 1 heterocycles. The molecule has 3 N–H and O–H groups in total. The standard InChI is InChI=1S/C18H23N3O5S/c1-18(2,3)26-11-10-25-16-9-4-13(12-20-16)17(22)21-14-5-7-15(8-6-14)27(19,23)24/h4-9,12H,10-11H2,1-3H3,(H,21,22)(H2,19,23,24). The van der Waals surface area contributed by atoms with Crippen LogP contribution in [0.1, 0.15) is 31.1 Å². The van der Waals surface area contributed by atoms with Crippen LogP contribution in [0.25, 0.3) is 0 Å². The third-order valence-corrected chi connectivity index (χ3v) is 4.24. The maximum absolute atomic E-state index is 12.2. The number of ether oxygens (including phenoxy) is 2. The molecular formula is C18H23N3O5S. The summed E-state index contributed by atoms with van der Waals surface area (Å²) >= 11 is 0. The molecule has 2 rings (SSSR count). The van der Waals surface area contributed by atoms with E-state index in [1.807, 2.05) is 20.8 Å².